The van der Waals surface area contributed by atoms with E-state index in [0.29, 0.717) is 20.7 Å². The molecule has 2 aliphatic rings. The first-order valence-electron chi connectivity index (χ1n) is 9.02. The number of hydrogen-bond acceptors (Lipinski definition) is 6. The summed E-state index contributed by atoms with van der Waals surface area (Å²) in [5, 5.41) is 2.87. The molecule has 4 rings (SSSR count). The minimum atomic E-state index is -0.193. The summed E-state index contributed by atoms with van der Waals surface area (Å²) >= 11 is 6.58. The van der Waals surface area contributed by atoms with Crippen molar-refractivity contribution in [3.63, 3.8) is 0 Å². The topological polar surface area (TPSA) is 67.9 Å². The van der Waals surface area contributed by atoms with Crippen LogP contribution in [0.5, 0.6) is 11.5 Å². The van der Waals surface area contributed by atoms with Gasteiger partial charge in [0.1, 0.15) is 4.32 Å². The van der Waals surface area contributed by atoms with Crippen molar-refractivity contribution in [2.45, 2.75) is 13.3 Å². The first-order valence-corrected chi connectivity index (χ1v) is 10.2. The van der Waals surface area contributed by atoms with E-state index in [0.717, 1.165) is 16.8 Å². The van der Waals surface area contributed by atoms with Crippen LogP contribution in [0.1, 0.15) is 17.5 Å². The Morgan fingerprint density at radius 2 is 2.03 bits per heavy atom. The minimum Gasteiger partial charge on any atom is -0.454 e. The number of amides is 2. The van der Waals surface area contributed by atoms with Gasteiger partial charge in [0.15, 0.2) is 11.5 Å². The van der Waals surface area contributed by atoms with Gasteiger partial charge in [-0.1, -0.05) is 48.2 Å². The first kappa shape index (κ1) is 19.5. The molecule has 2 aliphatic heterocycles. The van der Waals surface area contributed by atoms with Crippen molar-refractivity contribution in [1.82, 2.24) is 4.90 Å². The maximum atomic E-state index is 12.7. The molecule has 0 aromatic heterocycles. The summed E-state index contributed by atoms with van der Waals surface area (Å²) < 4.78 is 11.1. The van der Waals surface area contributed by atoms with Crippen LogP contribution in [0.3, 0.4) is 0 Å². The summed E-state index contributed by atoms with van der Waals surface area (Å²) in [6.45, 7) is 2.37. The molecule has 1 fully saturated rings. The van der Waals surface area contributed by atoms with Crippen molar-refractivity contribution in [2.24, 2.45) is 0 Å². The molecule has 1 N–H and O–H groups in total. The summed E-state index contributed by atoms with van der Waals surface area (Å²) in [5.74, 6) is 0.992. The number of benzene rings is 2. The van der Waals surface area contributed by atoms with Crippen molar-refractivity contribution in [2.75, 3.05) is 18.7 Å². The predicted molar refractivity (Wildman–Crippen MR) is 117 cm³/mol. The van der Waals surface area contributed by atoms with Crippen LogP contribution < -0.4 is 14.8 Å². The first-order chi connectivity index (χ1) is 14.0. The van der Waals surface area contributed by atoms with E-state index in [1.807, 2.05) is 49.4 Å². The van der Waals surface area contributed by atoms with E-state index in [9.17, 15) is 9.59 Å². The number of thiocarbonyl (C=S) groups is 1. The second-order valence-corrected chi connectivity index (χ2v) is 8.23. The number of nitrogens with one attached hydrogen (secondary N) is 1. The van der Waals surface area contributed by atoms with Gasteiger partial charge >= 0.3 is 0 Å². The fourth-order valence-electron chi connectivity index (χ4n) is 2.99. The fraction of sp³-hybridized carbons (Fsp3) is 0.190. The molecular weight excluding hydrogens is 408 g/mol. The van der Waals surface area contributed by atoms with Gasteiger partial charge in [0.2, 0.25) is 12.7 Å². The molecule has 2 amide bonds. The highest BCUT2D eigenvalue weighted by molar-refractivity contribution is 8.26. The third-order valence-corrected chi connectivity index (χ3v) is 5.93. The molecule has 6 nitrogen and oxygen atoms in total. The monoisotopic (exact) mass is 426 g/mol. The molecule has 2 aromatic rings. The summed E-state index contributed by atoms with van der Waals surface area (Å²) in [6, 6.07) is 13.0. The van der Waals surface area contributed by atoms with Gasteiger partial charge in [-0.3, -0.25) is 14.5 Å². The van der Waals surface area contributed by atoms with Crippen LogP contribution in [0.2, 0.25) is 0 Å². The Morgan fingerprint density at radius 1 is 1.24 bits per heavy atom. The van der Waals surface area contributed by atoms with Gasteiger partial charge in [0.05, 0.1) is 4.91 Å². The van der Waals surface area contributed by atoms with Crippen LogP contribution in [0.25, 0.3) is 6.08 Å². The van der Waals surface area contributed by atoms with Gasteiger partial charge in [-0.25, -0.2) is 0 Å². The Morgan fingerprint density at radius 3 is 2.86 bits per heavy atom. The summed E-state index contributed by atoms with van der Waals surface area (Å²) in [7, 11) is 0. The van der Waals surface area contributed by atoms with Gasteiger partial charge in [0, 0.05) is 18.7 Å². The number of carbonyl (C=O) groups is 2. The number of thioether (sulfide) groups is 1. The summed E-state index contributed by atoms with van der Waals surface area (Å²) in [6.07, 6.45) is 1.94. The summed E-state index contributed by atoms with van der Waals surface area (Å²) in [5.41, 5.74) is 2.58. The van der Waals surface area contributed by atoms with Gasteiger partial charge in [-0.2, -0.15) is 0 Å². The predicted octanol–water partition coefficient (Wildman–Crippen LogP) is 3.95. The van der Waals surface area contributed by atoms with Crippen molar-refractivity contribution in [3.05, 3.63) is 58.5 Å². The number of fused-ring (bicyclic) bond motifs is 1. The van der Waals surface area contributed by atoms with E-state index >= 15 is 0 Å². The second kappa shape index (κ2) is 8.26. The number of rotatable bonds is 5. The fourth-order valence-corrected chi connectivity index (χ4v) is 4.29. The van der Waals surface area contributed by atoms with Crippen molar-refractivity contribution < 1.29 is 19.1 Å². The molecule has 2 aromatic carbocycles. The molecular formula is C21H18N2O4S2. The van der Waals surface area contributed by atoms with Crippen molar-refractivity contribution in [3.8, 4) is 11.5 Å². The number of aryl methyl sites for hydroxylation is 1. The highest BCUT2D eigenvalue weighted by atomic mass is 32.2. The maximum absolute atomic E-state index is 12.7. The molecule has 0 spiro atoms. The number of hydrogen-bond donors (Lipinski definition) is 1. The van der Waals surface area contributed by atoms with E-state index in [-0.39, 0.29) is 31.6 Å². The van der Waals surface area contributed by atoms with Gasteiger partial charge in [-0.15, -0.1) is 0 Å². The molecule has 0 aliphatic carbocycles. The van der Waals surface area contributed by atoms with E-state index in [2.05, 4.69) is 5.32 Å². The lowest BCUT2D eigenvalue weighted by Gasteiger charge is -2.14. The zero-order valence-electron chi connectivity index (χ0n) is 15.6. The molecule has 2 heterocycles. The second-order valence-electron chi connectivity index (χ2n) is 6.56. The minimum absolute atomic E-state index is 0.159. The van der Waals surface area contributed by atoms with Crippen LogP contribution in [-0.2, 0) is 9.59 Å². The van der Waals surface area contributed by atoms with Gasteiger partial charge < -0.3 is 14.8 Å². The number of para-hydroxylation sites is 1. The lowest BCUT2D eigenvalue weighted by atomic mass is 10.2. The molecule has 8 heteroatoms. The SMILES string of the molecule is Cc1ccccc1NC(=O)CCN1C(=O)/C(=C/c2ccc3c(c2)OCO3)SC1=S. The smallest absolute Gasteiger partial charge is 0.266 e. The van der Waals surface area contributed by atoms with Crippen LogP contribution in [0, 0.1) is 6.92 Å². The van der Waals surface area contributed by atoms with E-state index in [4.69, 9.17) is 21.7 Å². The largest absolute Gasteiger partial charge is 0.454 e. The number of ether oxygens (including phenoxy) is 2. The molecule has 148 valence electrons. The molecule has 1 saturated heterocycles. The Bertz CT molecular complexity index is 1040. The van der Waals surface area contributed by atoms with Crippen molar-refractivity contribution >= 4 is 51.9 Å². The third kappa shape index (κ3) is 4.28. The lowest BCUT2D eigenvalue weighted by molar-refractivity contribution is -0.122. The highest BCUT2D eigenvalue weighted by Gasteiger charge is 2.32. The van der Waals surface area contributed by atoms with E-state index < -0.39 is 0 Å². The third-order valence-electron chi connectivity index (χ3n) is 4.55. The molecule has 29 heavy (non-hydrogen) atoms. The van der Waals surface area contributed by atoms with Crippen LogP contribution >= 0.6 is 24.0 Å². The molecule has 0 radical (unpaired) electrons. The van der Waals surface area contributed by atoms with Crippen LogP contribution in [-0.4, -0.2) is 34.4 Å². The molecule has 0 bridgehead atoms. The number of anilines is 1. The molecule has 0 atom stereocenters. The summed E-state index contributed by atoms with van der Waals surface area (Å²) in [4.78, 5) is 27.0. The normalized spacial score (nSPS) is 16.6. The average Bonchev–Trinajstić information content (AvgIpc) is 3.26. The number of nitrogens with zero attached hydrogens (tertiary/aromatic N) is 1. The zero-order valence-corrected chi connectivity index (χ0v) is 17.3. The maximum Gasteiger partial charge on any atom is 0.266 e. The lowest BCUT2D eigenvalue weighted by Crippen LogP contribution is -2.31. The molecule has 0 unspecified atom stereocenters. The Balaban J connectivity index is 1.39. The van der Waals surface area contributed by atoms with Crippen molar-refractivity contribution in [1.29, 1.82) is 0 Å². The highest BCUT2D eigenvalue weighted by Crippen LogP contribution is 2.36. The quantitative estimate of drug-likeness (QED) is 0.577. The van der Waals surface area contributed by atoms with Gasteiger partial charge in [-0.05, 0) is 42.3 Å². The standard InChI is InChI=1S/C21H18N2O4S2/c1-13-4-2-3-5-15(13)22-19(24)8-9-23-20(25)18(29-21(23)28)11-14-6-7-16-17(10-14)27-12-26-16/h2-7,10-11H,8-9,12H2,1H3,(H,22,24)/b18-11-. The zero-order chi connectivity index (χ0) is 20.4. The van der Waals surface area contributed by atoms with Gasteiger partial charge in [0.25, 0.3) is 5.91 Å². The number of carbonyl (C=O) groups excluding carboxylic acids is 2. The van der Waals surface area contributed by atoms with E-state index in [1.54, 1.807) is 6.08 Å². The average molecular weight is 427 g/mol. The Kier molecular flexibility index (Phi) is 5.55. The Labute approximate surface area is 177 Å². The van der Waals surface area contributed by atoms with Crippen LogP contribution in [0.4, 0.5) is 5.69 Å². The molecule has 0 saturated carbocycles. The van der Waals surface area contributed by atoms with Crippen LogP contribution in [0.15, 0.2) is 47.4 Å². The Hall–Kier alpha value is -2.84. The van der Waals surface area contributed by atoms with E-state index in [1.165, 1.54) is 16.7 Å².